The molecule has 0 unspecified atom stereocenters. The van der Waals surface area contributed by atoms with Crippen LogP contribution in [-0.4, -0.2) is 35.4 Å². The lowest BCUT2D eigenvalue weighted by molar-refractivity contribution is -0.132. The van der Waals surface area contributed by atoms with Crippen LogP contribution in [0.2, 0.25) is 0 Å². The quantitative estimate of drug-likeness (QED) is 0.681. The molecule has 1 amide bonds. The van der Waals surface area contributed by atoms with Gasteiger partial charge in [-0.15, -0.1) is 0 Å². The first-order chi connectivity index (χ1) is 13.6. The first-order valence-corrected chi connectivity index (χ1v) is 10.2. The van der Waals surface area contributed by atoms with Gasteiger partial charge in [0.2, 0.25) is 5.91 Å². The molecule has 1 saturated heterocycles. The molecule has 1 aromatic heterocycles. The molecule has 146 valence electrons. The summed E-state index contributed by atoms with van der Waals surface area (Å²) in [5.41, 5.74) is 3.41. The number of hydrogen-bond donors (Lipinski definition) is 2. The van der Waals surface area contributed by atoms with Gasteiger partial charge in [-0.2, -0.15) is 0 Å². The normalized spacial score (nSPS) is 16.9. The number of hydrogen-bond acceptors (Lipinski definition) is 2. The van der Waals surface area contributed by atoms with Crippen LogP contribution in [0.5, 0.6) is 0 Å². The van der Waals surface area contributed by atoms with Gasteiger partial charge in [-0.1, -0.05) is 55.5 Å². The van der Waals surface area contributed by atoms with E-state index < -0.39 is 0 Å². The second-order valence-corrected chi connectivity index (χ2v) is 8.21. The molecule has 2 aromatic carbocycles. The number of nitrogens with zero attached hydrogens (tertiary/aromatic N) is 1. The molecule has 2 heterocycles. The zero-order valence-corrected chi connectivity index (χ0v) is 16.6. The number of aromatic nitrogens is 1. The SMILES string of the molecule is CC1(C(=O)NCCc2cc3ccccc3[nH]2)CCN(Cc2ccccc2)CC1. The maximum atomic E-state index is 12.8. The van der Waals surface area contributed by atoms with Crippen molar-refractivity contribution in [1.82, 2.24) is 15.2 Å². The highest BCUT2D eigenvalue weighted by Gasteiger charge is 2.36. The third-order valence-electron chi connectivity index (χ3n) is 6.02. The number of H-pyrrole nitrogens is 1. The Bertz CT molecular complexity index is 890. The van der Waals surface area contributed by atoms with Crippen molar-refractivity contribution in [3.63, 3.8) is 0 Å². The average Bonchev–Trinajstić information content (AvgIpc) is 3.13. The Kier molecular flexibility index (Phi) is 5.49. The van der Waals surface area contributed by atoms with E-state index in [1.54, 1.807) is 0 Å². The van der Waals surface area contributed by atoms with E-state index in [-0.39, 0.29) is 11.3 Å². The fourth-order valence-corrected chi connectivity index (χ4v) is 4.07. The third kappa shape index (κ3) is 4.28. The monoisotopic (exact) mass is 375 g/mol. The van der Waals surface area contributed by atoms with Crippen LogP contribution in [0, 0.1) is 5.41 Å². The Hall–Kier alpha value is -2.59. The third-order valence-corrected chi connectivity index (χ3v) is 6.02. The van der Waals surface area contributed by atoms with Gasteiger partial charge in [-0.05, 0) is 49.0 Å². The van der Waals surface area contributed by atoms with Gasteiger partial charge in [0, 0.05) is 36.1 Å². The molecule has 4 rings (SSSR count). The second-order valence-electron chi connectivity index (χ2n) is 8.21. The standard InChI is InChI=1S/C24H29N3O/c1-24(12-15-27(16-13-24)18-19-7-3-2-4-8-19)23(28)25-14-11-21-17-20-9-5-6-10-22(20)26-21/h2-10,17,26H,11-16,18H2,1H3,(H,25,28). The van der Waals surface area contributed by atoms with Crippen LogP contribution < -0.4 is 5.32 Å². The minimum absolute atomic E-state index is 0.197. The second kappa shape index (κ2) is 8.19. The van der Waals surface area contributed by atoms with E-state index in [0.29, 0.717) is 6.54 Å². The summed E-state index contributed by atoms with van der Waals surface area (Å²) >= 11 is 0. The number of carbonyl (C=O) groups is 1. The smallest absolute Gasteiger partial charge is 0.226 e. The van der Waals surface area contributed by atoms with Crippen molar-refractivity contribution in [2.75, 3.05) is 19.6 Å². The van der Waals surface area contributed by atoms with Crippen LogP contribution in [0.25, 0.3) is 10.9 Å². The lowest BCUT2D eigenvalue weighted by Crippen LogP contribution is -2.47. The van der Waals surface area contributed by atoms with Gasteiger partial charge in [0.25, 0.3) is 0 Å². The minimum atomic E-state index is -0.256. The van der Waals surface area contributed by atoms with Gasteiger partial charge < -0.3 is 10.3 Å². The first-order valence-electron chi connectivity index (χ1n) is 10.2. The van der Waals surface area contributed by atoms with Gasteiger partial charge in [0.05, 0.1) is 0 Å². The summed E-state index contributed by atoms with van der Waals surface area (Å²) in [6, 6.07) is 21.0. The number of likely N-dealkylation sites (tertiary alicyclic amines) is 1. The largest absolute Gasteiger partial charge is 0.358 e. The van der Waals surface area contributed by atoms with Crippen LogP contribution >= 0.6 is 0 Å². The Morgan fingerprint density at radius 2 is 1.79 bits per heavy atom. The Morgan fingerprint density at radius 1 is 1.07 bits per heavy atom. The lowest BCUT2D eigenvalue weighted by Gasteiger charge is -2.38. The summed E-state index contributed by atoms with van der Waals surface area (Å²) in [6.45, 7) is 5.71. The molecule has 0 atom stereocenters. The van der Waals surface area contributed by atoms with Crippen LogP contribution in [0.3, 0.4) is 0 Å². The van der Waals surface area contributed by atoms with Crippen molar-refractivity contribution < 1.29 is 4.79 Å². The van der Waals surface area contributed by atoms with Gasteiger partial charge in [-0.25, -0.2) is 0 Å². The fourth-order valence-electron chi connectivity index (χ4n) is 4.07. The zero-order valence-electron chi connectivity index (χ0n) is 16.6. The fraction of sp³-hybridized carbons (Fsp3) is 0.375. The molecule has 4 heteroatoms. The van der Waals surface area contributed by atoms with E-state index in [2.05, 4.69) is 70.7 Å². The number of amides is 1. The number of carbonyl (C=O) groups excluding carboxylic acids is 1. The number of benzene rings is 2. The van der Waals surface area contributed by atoms with Crippen molar-refractivity contribution in [2.45, 2.75) is 32.7 Å². The van der Waals surface area contributed by atoms with Crippen molar-refractivity contribution in [3.8, 4) is 0 Å². The molecule has 2 N–H and O–H groups in total. The number of nitrogens with one attached hydrogen (secondary N) is 2. The topological polar surface area (TPSA) is 48.1 Å². The highest BCUT2D eigenvalue weighted by atomic mass is 16.2. The van der Waals surface area contributed by atoms with E-state index >= 15 is 0 Å². The van der Waals surface area contributed by atoms with Crippen LogP contribution in [0.4, 0.5) is 0 Å². The predicted octanol–water partition coefficient (Wildman–Crippen LogP) is 4.13. The molecular weight excluding hydrogens is 346 g/mol. The Balaban J connectivity index is 1.25. The summed E-state index contributed by atoms with van der Waals surface area (Å²) in [7, 11) is 0. The minimum Gasteiger partial charge on any atom is -0.358 e. The number of para-hydroxylation sites is 1. The number of aromatic amines is 1. The molecule has 0 aliphatic carbocycles. The summed E-state index contributed by atoms with van der Waals surface area (Å²) in [4.78, 5) is 18.7. The van der Waals surface area contributed by atoms with E-state index in [1.165, 1.54) is 16.6 Å². The van der Waals surface area contributed by atoms with Gasteiger partial charge in [-0.3, -0.25) is 9.69 Å². The van der Waals surface area contributed by atoms with E-state index in [4.69, 9.17) is 0 Å². The summed E-state index contributed by atoms with van der Waals surface area (Å²) in [6.07, 6.45) is 2.66. The molecule has 0 saturated carbocycles. The van der Waals surface area contributed by atoms with Crippen LogP contribution in [0.15, 0.2) is 60.7 Å². The predicted molar refractivity (Wildman–Crippen MR) is 114 cm³/mol. The van der Waals surface area contributed by atoms with E-state index in [9.17, 15) is 4.79 Å². The summed E-state index contributed by atoms with van der Waals surface area (Å²) in [5.74, 6) is 0.197. The van der Waals surface area contributed by atoms with Crippen LogP contribution in [0.1, 0.15) is 31.0 Å². The maximum Gasteiger partial charge on any atom is 0.226 e. The molecule has 0 spiro atoms. The van der Waals surface area contributed by atoms with Gasteiger partial charge in [0.1, 0.15) is 0 Å². The summed E-state index contributed by atoms with van der Waals surface area (Å²) in [5, 5.41) is 4.40. The molecule has 28 heavy (non-hydrogen) atoms. The maximum absolute atomic E-state index is 12.8. The number of fused-ring (bicyclic) bond motifs is 1. The van der Waals surface area contributed by atoms with Crippen molar-refractivity contribution in [3.05, 3.63) is 71.9 Å². The van der Waals surface area contributed by atoms with Crippen molar-refractivity contribution >= 4 is 16.8 Å². The molecule has 1 fully saturated rings. The van der Waals surface area contributed by atoms with E-state index in [0.717, 1.165) is 44.4 Å². The molecule has 3 aromatic rings. The van der Waals surface area contributed by atoms with E-state index in [1.807, 2.05) is 12.1 Å². The zero-order chi connectivity index (χ0) is 19.4. The number of rotatable bonds is 6. The average molecular weight is 376 g/mol. The lowest BCUT2D eigenvalue weighted by atomic mass is 9.79. The molecule has 0 radical (unpaired) electrons. The highest BCUT2D eigenvalue weighted by Crippen LogP contribution is 2.31. The highest BCUT2D eigenvalue weighted by molar-refractivity contribution is 5.82. The first kappa shape index (κ1) is 18.8. The van der Waals surface area contributed by atoms with Crippen molar-refractivity contribution in [1.29, 1.82) is 0 Å². The molecular formula is C24H29N3O. The molecule has 1 aliphatic heterocycles. The van der Waals surface area contributed by atoms with Crippen molar-refractivity contribution in [2.24, 2.45) is 5.41 Å². The Labute approximate surface area is 166 Å². The van der Waals surface area contributed by atoms with Gasteiger partial charge in [0.15, 0.2) is 0 Å². The molecule has 0 bridgehead atoms. The number of piperidine rings is 1. The Morgan fingerprint density at radius 3 is 2.54 bits per heavy atom. The molecule has 1 aliphatic rings. The van der Waals surface area contributed by atoms with Crippen LogP contribution in [-0.2, 0) is 17.8 Å². The van der Waals surface area contributed by atoms with Gasteiger partial charge >= 0.3 is 0 Å². The molecule has 4 nitrogen and oxygen atoms in total. The summed E-state index contributed by atoms with van der Waals surface area (Å²) < 4.78 is 0.